The average Bonchev–Trinajstić information content (AvgIpc) is 2.62. The van der Waals surface area contributed by atoms with Crippen molar-refractivity contribution in [3.05, 3.63) is 0 Å². The quantitative estimate of drug-likeness (QED) is 0.730. The maximum absolute atomic E-state index is 12.1. The van der Waals surface area contributed by atoms with Crippen LogP contribution in [0.3, 0.4) is 0 Å². The number of nitrogens with one attached hydrogen (secondary N) is 1. The van der Waals surface area contributed by atoms with Crippen LogP contribution in [0.15, 0.2) is 0 Å². The van der Waals surface area contributed by atoms with E-state index in [-0.39, 0.29) is 0 Å². The third-order valence-electron chi connectivity index (χ3n) is 3.53. The van der Waals surface area contributed by atoms with Crippen molar-refractivity contribution in [2.75, 3.05) is 19.6 Å². The first kappa shape index (κ1) is 9.97. The number of likely N-dealkylation sites (N-methyl/N-ethyl adjacent to an activating group) is 1. The van der Waals surface area contributed by atoms with Gasteiger partial charge in [0.05, 0.1) is 6.04 Å². The summed E-state index contributed by atoms with van der Waals surface area (Å²) in [5.41, 5.74) is 0. The fourth-order valence-corrected chi connectivity index (χ4v) is 2.50. The van der Waals surface area contributed by atoms with Crippen molar-refractivity contribution in [2.45, 2.75) is 38.6 Å². The van der Waals surface area contributed by atoms with E-state index in [1.807, 2.05) is 0 Å². The summed E-state index contributed by atoms with van der Waals surface area (Å²) < 4.78 is 0. The highest BCUT2D eigenvalue weighted by molar-refractivity contribution is 5.79. The van der Waals surface area contributed by atoms with E-state index in [2.05, 4.69) is 17.1 Å². The second-order valence-electron chi connectivity index (χ2n) is 4.42. The van der Waals surface area contributed by atoms with Gasteiger partial charge in [0.25, 0.3) is 0 Å². The van der Waals surface area contributed by atoms with Crippen molar-refractivity contribution in [1.82, 2.24) is 10.2 Å². The molecule has 1 aliphatic heterocycles. The van der Waals surface area contributed by atoms with Gasteiger partial charge in [-0.2, -0.15) is 0 Å². The van der Waals surface area contributed by atoms with E-state index in [4.69, 9.17) is 0 Å². The summed E-state index contributed by atoms with van der Waals surface area (Å²) in [6.07, 6.45) is 4.73. The van der Waals surface area contributed by atoms with E-state index in [9.17, 15) is 4.79 Å². The van der Waals surface area contributed by atoms with Crippen LogP contribution in [0.2, 0.25) is 0 Å². The number of hydrogen-bond acceptors (Lipinski definition) is 2. The molecule has 2 aliphatic rings. The number of carbonyl (C=O) groups is 1. The standard InChI is InChI=1S/C11H20N2O/c1-2-13(10-7-12-8-10)11(14)9-5-3-4-6-9/h9-10,12H,2-8H2,1H3. The Bertz CT molecular complexity index is 207. The molecule has 0 unspecified atom stereocenters. The molecule has 0 atom stereocenters. The van der Waals surface area contributed by atoms with Gasteiger partial charge in [-0.3, -0.25) is 4.79 Å². The molecule has 1 saturated carbocycles. The zero-order valence-corrected chi connectivity index (χ0v) is 8.96. The molecule has 0 spiro atoms. The molecule has 3 nitrogen and oxygen atoms in total. The molecule has 0 aromatic rings. The van der Waals surface area contributed by atoms with Gasteiger partial charge in [-0.05, 0) is 19.8 Å². The Morgan fingerprint density at radius 2 is 2.00 bits per heavy atom. The van der Waals surface area contributed by atoms with Gasteiger partial charge >= 0.3 is 0 Å². The van der Waals surface area contributed by atoms with E-state index in [1.165, 1.54) is 12.8 Å². The highest BCUT2D eigenvalue weighted by atomic mass is 16.2. The monoisotopic (exact) mass is 196 g/mol. The Labute approximate surface area is 85.8 Å². The fourth-order valence-electron chi connectivity index (χ4n) is 2.50. The maximum Gasteiger partial charge on any atom is 0.226 e. The van der Waals surface area contributed by atoms with Gasteiger partial charge in [-0.25, -0.2) is 0 Å². The van der Waals surface area contributed by atoms with Crippen LogP contribution in [0, 0.1) is 5.92 Å². The van der Waals surface area contributed by atoms with Gasteiger partial charge in [-0.15, -0.1) is 0 Å². The normalized spacial score (nSPS) is 23.5. The van der Waals surface area contributed by atoms with Crippen molar-refractivity contribution in [1.29, 1.82) is 0 Å². The summed E-state index contributed by atoms with van der Waals surface area (Å²) in [7, 11) is 0. The molecule has 14 heavy (non-hydrogen) atoms. The van der Waals surface area contributed by atoms with Gasteiger partial charge in [0.15, 0.2) is 0 Å². The van der Waals surface area contributed by atoms with E-state index < -0.39 is 0 Å². The molecule has 1 N–H and O–H groups in total. The van der Waals surface area contributed by atoms with Gasteiger partial charge in [0.1, 0.15) is 0 Å². The van der Waals surface area contributed by atoms with Crippen LogP contribution in [0.5, 0.6) is 0 Å². The van der Waals surface area contributed by atoms with E-state index in [0.717, 1.165) is 32.5 Å². The van der Waals surface area contributed by atoms with Gasteiger partial charge in [0, 0.05) is 25.6 Å². The molecular weight excluding hydrogens is 176 g/mol. The maximum atomic E-state index is 12.1. The van der Waals surface area contributed by atoms with Crippen molar-refractivity contribution >= 4 is 5.91 Å². The molecule has 0 bridgehead atoms. The Morgan fingerprint density at radius 3 is 2.43 bits per heavy atom. The highest BCUT2D eigenvalue weighted by Gasteiger charge is 2.32. The molecule has 0 aromatic heterocycles. The molecule has 80 valence electrons. The smallest absolute Gasteiger partial charge is 0.226 e. The van der Waals surface area contributed by atoms with Crippen LogP contribution < -0.4 is 5.32 Å². The first-order valence-electron chi connectivity index (χ1n) is 5.84. The highest BCUT2D eigenvalue weighted by Crippen LogP contribution is 2.27. The van der Waals surface area contributed by atoms with Crippen LogP contribution in [-0.2, 0) is 4.79 Å². The third-order valence-corrected chi connectivity index (χ3v) is 3.53. The lowest BCUT2D eigenvalue weighted by atomic mass is 10.0. The minimum absolute atomic E-state index is 0.343. The van der Waals surface area contributed by atoms with Crippen LogP contribution >= 0.6 is 0 Å². The zero-order chi connectivity index (χ0) is 9.97. The molecule has 3 heteroatoms. The molecule has 1 heterocycles. The zero-order valence-electron chi connectivity index (χ0n) is 8.96. The summed E-state index contributed by atoms with van der Waals surface area (Å²) in [4.78, 5) is 14.2. The minimum Gasteiger partial charge on any atom is -0.337 e. The average molecular weight is 196 g/mol. The minimum atomic E-state index is 0.343. The second kappa shape index (κ2) is 4.30. The van der Waals surface area contributed by atoms with Gasteiger partial charge < -0.3 is 10.2 Å². The van der Waals surface area contributed by atoms with Crippen LogP contribution in [0.4, 0.5) is 0 Å². The SMILES string of the molecule is CCN(C(=O)C1CCCC1)C1CNC1. The number of rotatable bonds is 3. The van der Waals surface area contributed by atoms with Crippen molar-refractivity contribution < 1.29 is 4.79 Å². The third kappa shape index (κ3) is 1.78. The number of hydrogen-bond donors (Lipinski definition) is 1. The summed E-state index contributed by atoms with van der Waals surface area (Å²) in [6, 6.07) is 0.480. The Morgan fingerprint density at radius 1 is 1.36 bits per heavy atom. The van der Waals surface area contributed by atoms with Crippen molar-refractivity contribution in [3.63, 3.8) is 0 Å². The molecule has 0 radical (unpaired) electrons. The Balaban J connectivity index is 1.92. The topological polar surface area (TPSA) is 32.3 Å². The molecule has 1 amide bonds. The molecular formula is C11H20N2O. The summed E-state index contributed by atoms with van der Waals surface area (Å²) in [5.74, 6) is 0.757. The lowest BCUT2D eigenvalue weighted by Crippen LogP contribution is -2.59. The van der Waals surface area contributed by atoms with Crippen molar-refractivity contribution in [2.24, 2.45) is 5.92 Å². The first-order chi connectivity index (χ1) is 6.83. The van der Waals surface area contributed by atoms with Crippen molar-refractivity contribution in [3.8, 4) is 0 Å². The molecule has 2 rings (SSSR count). The van der Waals surface area contributed by atoms with Gasteiger partial charge in [-0.1, -0.05) is 12.8 Å². The lowest BCUT2D eigenvalue weighted by molar-refractivity contribution is -0.138. The van der Waals surface area contributed by atoms with E-state index in [0.29, 0.717) is 17.9 Å². The second-order valence-corrected chi connectivity index (χ2v) is 4.42. The molecule has 2 fully saturated rings. The number of carbonyl (C=O) groups excluding carboxylic acids is 1. The van der Waals surface area contributed by atoms with Crippen LogP contribution in [0.1, 0.15) is 32.6 Å². The van der Waals surface area contributed by atoms with Gasteiger partial charge in [0.2, 0.25) is 5.91 Å². The Kier molecular flexibility index (Phi) is 3.06. The Hall–Kier alpha value is -0.570. The number of nitrogens with zero attached hydrogens (tertiary/aromatic N) is 1. The predicted octanol–water partition coefficient (Wildman–Crippen LogP) is 0.997. The largest absolute Gasteiger partial charge is 0.337 e. The fraction of sp³-hybridized carbons (Fsp3) is 0.909. The van der Waals surface area contributed by atoms with E-state index in [1.54, 1.807) is 0 Å². The number of amides is 1. The molecule has 1 aliphatic carbocycles. The molecule has 1 saturated heterocycles. The van der Waals surface area contributed by atoms with E-state index >= 15 is 0 Å². The summed E-state index contributed by atoms with van der Waals surface area (Å²) in [5, 5.41) is 3.23. The van der Waals surface area contributed by atoms with Crippen LogP contribution in [0.25, 0.3) is 0 Å². The molecule has 0 aromatic carbocycles. The lowest BCUT2D eigenvalue weighted by Gasteiger charge is -2.39. The summed E-state index contributed by atoms with van der Waals surface area (Å²) >= 11 is 0. The first-order valence-corrected chi connectivity index (χ1v) is 5.84. The van der Waals surface area contributed by atoms with Crippen LogP contribution in [-0.4, -0.2) is 36.5 Å². The predicted molar refractivity (Wildman–Crippen MR) is 56.0 cm³/mol. The summed E-state index contributed by atoms with van der Waals surface area (Å²) in [6.45, 7) is 4.95.